The molecule has 96 valence electrons. The molecule has 0 aromatic carbocycles. The lowest BCUT2D eigenvalue weighted by Crippen LogP contribution is -2.45. The Morgan fingerprint density at radius 1 is 1.29 bits per heavy atom. The molecule has 0 N–H and O–H groups in total. The lowest BCUT2D eigenvalue weighted by molar-refractivity contribution is -0.139. The standard InChI is InChI=1S/C14H23NO2/c1-2-17-13-4-3-5-15(9-13)14(16)12-7-10-6-11(10)8-12/h10-13H,2-9H2,1H3. The molecule has 2 aliphatic carbocycles. The summed E-state index contributed by atoms with van der Waals surface area (Å²) in [6, 6.07) is 0. The second kappa shape index (κ2) is 4.60. The minimum absolute atomic E-state index is 0.286. The number of amides is 1. The monoisotopic (exact) mass is 237 g/mol. The van der Waals surface area contributed by atoms with E-state index in [2.05, 4.69) is 4.90 Å². The van der Waals surface area contributed by atoms with E-state index in [1.54, 1.807) is 0 Å². The van der Waals surface area contributed by atoms with E-state index >= 15 is 0 Å². The quantitative estimate of drug-likeness (QED) is 0.752. The van der Waals surface area contributed by atoms with Gasteiger partial charge in [-0.1, -0.05) is 0 Å². The van der Waals surface area contributed by atoms with Crippen LogP contribution in [0.25, 0.3) is 0 Å². The van der Waals surface area contributed by atoms with Crippen molar-refractivity contribution in [1.29, 1.82) is 0 Å². The SMILES string of the molecule is CCOC1CCCN(C(=O)C2CC3CC3C2)C1. The number of hydrogen-bond donors (Lipinski definition) is 0. The van der Waals surface area contributed by atoms with Gasteiger partial charge in [-0.2, -0.15) is 0 Å². The predicted octanol–water partition coefficient (Wildman–Crippen LogP) is 2.06. The number of likely N-dealkylation sites (tertiary alicyclic amines) is 1. The summed E-state index contributed by atoms with van der Waals surface area (Å²) in [5, 5.41) is 0. The van der Waals surface area contributed by atoms with Gasteiger partial charge >= 0.3 is 0 Å². The molecule has 1 amide bonds. The second-order valence-electron chi connectivity index (χ2n) is 5.93. The topological polar surface area (TPSA) is 29.5 Å². The maximum absolute atomic E-state index is 12.4. The van der Waals surface area contributed by atoms with Gasteiger partial charge in [-0.3, -0.25) is 4.79 Å². The van der Waals surface area contributed by atoms with Gasteiger partial charge in [0.2, 0.25) is 5.91 Å². The lowest BCUT2D eigenvalue weighted by Gasteiger charge is -2.34. The number of ether oxygens (including phenoxy) is 1. The number of piperidine rings is 1. The zero-order valence-electron chi connectivity index (χ0n) is 10.7. The maximum Gasteiger partial charge on any atom is 0.225 e. The van der Waals surface area contributed by atoms with Gasteiger partial charge in [0.25, 0.3) is 0 Å². The van der Waals surface area contributed by atoms with E-state index in [4.69, 9.17) is 4.74 Å². The minimum atomic E-state index is 0.286. The third-order valence-corrected chi connectivity index (χ3v) is 4.69. The summed E-state index contributed by atoms with van der Waals surface area (Å²) < 4.78 is 5.66. The van der Waals surface area contributed by atoms with Crippen LogP contribution in [0.15, 0.2) is 0 Å². The molecule has 0 radical (unpaired) electrons. The maximum atomic E-state index is 12.4. The highest BCUT2D eigenvalue weighted by atomic mass is 16.5. The predicted molar refractivity (Wildman–Crippen MR) is 65.5 cm³/mol. The molecular formula is C14H23NO2. The molecule has 3 aliphatic rings. The summed E-state index contributed by atoms with van der Waals surface area (Å²) in [5.74, 6) is 2.56. The number of fused-ring (bicyclic) bond motifs is 1. The molecular weight excluding hydrogens is 214 g/mol. The molecule has 0 aromatic rings. The van der Waals surface area contributed by atoms with Gasteiger partial charge in [-0.05, 0) is 50.9 Å². The van der Waals surface area contributed by atoms with Crippen molar-refractivity contribution in [3.63, 3.8) is 0 Å². The van der Waals surface area contributed by atoms with Crippen molar-refractivity contribution in [3.05, 3.63) is 0 Å². The first-order valence-corrected chi connectivity index (χ1v) is 7.18. The lowest BCUT2D eigenvalue weighted by atomic mass is 9.99. The van der Waals surface area contributed by atoms with Gasteiger partial charge < -0.3 is 9.64 Å². The Hall–Kier alpha value is -0.570. The smallest absolute Gasteiger partial charge is 0.225 e. The van der Waals surface area contributed by atoms with Crippen molar-refractivity contribution in [1.82, 2.24) is 4.90 Å². The Kier molecular flexibility index (Phi) is 3.12. The Morgan fingerprint density at radius 3 is 2.76 bits per heavy atom. The molecule has 1 saturated heterocycles. The van der Waals surface area contributed by atoms with Crippen molar-refractivity contribution in [3.8, 4) is 0 Å². The molecule has 2 saturated carbocycles. The average molecular weight is 237 g/mol. The molecule has 3 rings (SSSR count). The summed E-state index contributed by atoms with van der Waals surface area (Å²) >= 11 is 0. The van der Waals surface area contributed by atoms with Crippen molar-refractivity contribution in [2.24, 2.45) is 17.8 Å². The molecule has 1 heterocycles. The highest BCUT2D eigenvalue weighted by Gasteiger charge is 2.49. The zero-order chi connectivity index (χ0) is 11.8. The Bertz CT molecular complexity index is 293. The number of nitrogens with zero attached hydrogens (tertiary/aromatic N) is 1. The van der Waals surface area contributed by atoms with Gasteiger partial charge in [0.05, 0.1) is 6.10 Å². The third kappa shape index (κ3) is 2.35. The summed E-state index contributed by atoms with van der Waals surface area (Å²) in [5.41, 5.74) is 0. The second-order valence-corrected chi connectivity index (χ2v) is 5.93. The minimum Gasteiger partial charge on any atom is -0.377 e. The number of hydrogen-bond acceptors (Lipinski definition) is 2. The fourth-order valence-corrected chi connectivity index (χ4v) is 3.68. The molecule has 3 heteroatoms. The summed E-state index contributed by atoms with van der Waals surface area (Å²) in [7, 11) is 0. The molecule has 0 spiro atoms. The molecule has 3 unspecified atom stereocenters. The molecule has 3 fully saturated rings. The van der Waals surface area contributed by atoms with Gasteiger partial charge in [0, 0.05) is 25.6 Å². The first-order chi connectivity index (χ1) is 8.28. The van der Waals surface area contributed by atoms with Crippen LogP contribution in [0.2, 0.25) is 0 Å². The summed E-state index contributed by atoms with van der Waals surface area (Å²) in [6.07, 6.45) is 6.24. The van der Waals surface area contributed by atoms with Crippen molar-refractivity contribution < 1.29 is 9.53 Å². The van der Waals surface area contributed by atoms with Gasteiger partial charge in [-0.25, -0.2) is 0 Å². The van der Waals surface area contributed by atoms with Crippen LogP contribution in [0.1, 0.15) is 39.0 Å². The molecule has 0 bridgehead atoms. The van der Waals surface area contributed by atoms with Gasteiger partial charge in [0.15, 0.2) is 0 Å². The van der Waals surface area contributed by atoms with E-state index in [1.165, 1.54) is 19.3 Å². The van der Waals surface area contributed by atoms with Crippen LogP contribution in [0.4, 0.5) is 0 Å². The van der Waals surface area contributed by atoms with Crippen molar-refractivity contribution in [2.75, 3.05) is 19.7 Å². The van der Waals surface area contributed by atoms with Crippen LogP contribution >= 0.6 is 0 Å². The Balaban J connectivity index is 1.54. The van der Waals surface area contributed by atoms with Crippen LogP contribution in [0, 0.1) is 17.8 Å². The molecule has 0 aromatic heterocycles. The van der Waals surface area contributed by atoms with E-state index in [0.717, 1.165) is 44.4 Å². The summed E-state index contributed by atoms with van der Waals surface area (Å²) in [4.78, 5) is 14.5. The van der Waals surface area contributed by atoms with Crippen LogP contribution in [-0.4, -0.2) is 36.6 Å². The largest absolute Gasteiger partial charge is 0.377 e. The zero-order valence-corrected chi connectivity index (χ0v) is 10.7. The van der Waals surface area contributed by atoms with E-state index in [9.17, 15) is 4.79 Å². The first-order valence-electron chi connectivity index (χ1n) is 7.18. The number of rotatable bonds is 3. The van der Waals surface area contributed by atoms with E-state index < -0.39 is 0 Å². The van der Waals surface area contributed by atoms with Gasteiger partial charge in [-0.15, -0.1) is 0 Å². The molecule has 1 aliphatic heterocycles. The van der Waals surface area contributed by atoms with Gasteiger partial charge in [0.1, 0.15) is 0 Å². The fraction of sp³-hybridized carbons (Fsp3) is 0.929. The van der Waals surface area contributed by atoms with Crippen molar-refractivity contribution >= 4 is 5.91 Å². The summed E-state index contributed by atoms with van der Waals surface area (Å²) in [6.45, 7) is 4.58. The first kappa shape index (κ1) is 11.5. The van der Waals surface area contributed by atoms with E-state index in [1.807, 2.05) is 6.92 Å². The van der Waals surface area contributed by atoms with Crippen molar-refractivity contribution in [2.45, 2.75) is 45.1 Å². The number of carbonyl (C=O) groups excluding carboxylic acids is 1. The Labute approximate surface area is 104 Å². The molecule has 3 nitrogen and oxygen atoms in total. The van der Waals surface area contributed by atoms with Crippen LogP contribution in [0.3, 0.4) is 0 Å². The average Bonchev–Trinajstić information content (AvgIpc) is 2.96. The fourth-order valence-electron chi connectivity index (χ4n) is 3.68. The van der Waals surface area contributed by atoms with E-state index in [0.29, 0.717) is 11.8 Å². The molecule has 17 heavy (non-hydrogen) atoms. The third-order valence-electron chi connectivity index (χ3n) is 4.69. The number of carbonyl (C=O) groups is 1. The Morgan fingerprint density at radius 2 is 2.06 bits per heavy atom. The highest BCUT2D eigenvalue weighted by molar-refractivity contribution is 5.79. The van der Waals surface area contributed by atoms with Crippen LogP contribution < -0.4 is 0 Å². The van der Waals surface area contributed by atoms with E-state index in [-0.39, 0.29) is 6.10 Å². The normalized spacial score (nSPS) is 40.2. The van der Waals surface area contributed by atoms with Crippen LogP contribution in [0.5, 0.6) is 0 Å². The molecule has 3 atom stereocenters. The highest BCUT2D eigenvalue weighted by Crippen LogP contribution is 2.54. The van der Waals surface area contributed by atoms with Crippen LogP contribution in [-0.2, 0) is 9.53 Å².